The first-order valence-electron chi connectivity index (χ1n) is 10.2. The Labute approximate surface area is 182 Å². The van der Waals surface area contributed by atoms with Crippen LogP contribution in [0.3, 0.4) is 0 Å². The number of aryl methyl sites for hydroxylation is 1. The van der Waals surface area contributed by atoms with Crippen LogP contribution in [0.4, 0.5) is 5.95 Å². The molecule has 0 radical (unpaired) electrons. The van der Waals surface area contributed by atoms with Crippen LogP contribution in [0, 0.1) is 5.41 Å². The number of carbonyl (C=O) groups excluding carboxylic acids is 1. The van der Waals surface area contributed by atoms with Crippen molar-refractivity contribution in [2.45, 2.75) is 25.7 Å². The first-order chi connectivity index (χ1) is 15.0. The summed E-state index contributed by atoms with van der Waals surface area (Å²) in [5, 5.41) is 10.4. The maximum absolute atomic E-state index is 11.8. The lowest BCUT2D eigenvalue weighted by Gasteiger charge is -2.08. The van der Waals surface area contributed by atoms with Crippen molar-refractivity contribution in [3.8, 4) is 16.9 Å². The summed E-state index contributed by atoms with van der Waals surface area (Å²) in [4.78, 5) is 20.6. The predicted molar refractivity (Wildman–Crippen MR) is 123 cm³/mol. The summed E-state index contributed by atoms with van der Waals surface area (Å²) in [5.41, 5.74) is 9.46. The minimum atomic E-state index is -0.0893. The summed E-state index contributed by atoms with van der Waals surface area (Å²) in [7, 11) is 1.66. The second kappa shape index (κ2) is 10.9. The Balaban J connectivity index is 1.53. The summed E-state index contributed by atoms with van der Waals surface area (Å²) in [5.74, 6) is 1.32. The quantitative estimate of drug-likeness (QED) is 0.324. The van der Waals surface area contributed by atoms with Crippen molar-refractivity contribution in [1.82, 2.24) is 9.97 Å². The number of Topliss-reactive ketones (excluding diaryl/α,β-unsaturated/α-hetero) is 1. The number of ether oxygens (including phenoxy) is 1. The zero-order valence-corrected chi connectivity index (χ0v) is 17.6. The predicted octanol–water partition coefficient (Wildman–Crippen LogP) is 3.63. The summed E-state index contributed by atoms with van der Waals surface area (Å²) >= 11 is 0. The van der Waals surface area contributed by atoms with Crippen molar-refractivity contribution < 1.29 is 9.53 Å². The molecule has 0 amide bonds. The number of aromatic nitrogens is 2. The second-order valence-electron chi connectivity index (χ2n) is 7.26. The minimum Gasteiger partial charge on any atom is -0.497 e. The molecule has 0 bridgehead atoms. The fourth-order valence-electron chi connectivity index (χ4n) is 3.17. The van der Waals surface area contributed by atoms with Gasteiger partial charge in [-0.1, -0.05) is 36.4 Å². The molecule has 2 aromatic carbocycles. The maximum atomic E-state index is 11.8. The summed E-state index contributed by atoms with van der Waals surface area (Å²) in [6, 6.07) is 16.0. The van der Waals surface area contributed by atoms with Gasteiger partial charge in [-0.3, -0.25) is 10.2 Å². The van der Waals surface area contributed by atoms with Crippen LogP contribution >= 0.6 is 0 Å². The van der Waals surface area contributed by atoms with Gasteiger partial charge in [-0.2, -0.15) is 0 Å². The van der Waals surface area contributed by atoms with Gasteiger partial charge in [0.15, 0.2) is 0 Å². The van der Waals surface area contributed by atoms with E-state index in [1.165, 1.54) is 5.56 Å². The Kier molecular flexibility index (Phi) is 7.70. The van der Waals surface area contributed by atoms with E-state index in [1.54, 1.807) is 19.5 Å². The van der Waals surface area contributed by atoms with Crippen LogP contribution in [0.25, 0.3) is 11.1 Å². The lowest BCUT2D eigenvalue weighted by molar-refractivity contribution is -0.117. The van der Waals surface area contributed by atoms with Crippen LogP contribution in [0.5, 0.6) is 5.75 Å². The monoisotopic (exact) mass is 417 g/mol. The van der Waals surface area contributed by atoms with E-state index in [4.69, 9.17) is 15.9 Å². The van der Waals surface area contributed by atoms with E-state index in [1.807, 2.05) is 48.5 Å². The van der Waals surface area contributed by atoms with E-state index in [-0.39, 0.29) is 18.0 Å². The Morgan fingerprint density at radius 2 is 1.77 bits per heavy atom. The highest BCUT2D eigenvalue weighted by Gasteiger charge is 2.06. The van der Waals surface area contributed by atoms with Crippen LogP contribution in [0.1, 0.15) is 24.0 Å². The second-order valence-corrected chi connectivity index (χ2v) is 7.26. The van der Waals surface area contributed by atoms with Gasteiger partial charge in [0.25, 0.3) is 0 Å². The van der Waals surface area contributed by atoms with Gasteiger partial charge in [0.1, 0.15) is 11.5 Å². The number of carbonyl (C=O) groups is 1. The molecule has 0 saturated heterocycles. The SMILES string of the molecule is COc1ccc(CCNc2ncc(-c3cccc(CCC(=O)CC(=N)N)c3)cn2)cc1. The number of nitrogens with two attached hydrogens (primary N) is 1. The lowest BCUT2D eigenvalue weighted by atomic mass is 10.0. The van der Waals surface area contributed by atoms with Gasteiger partial charge in [-0.05, 0) is 41.7 Å². The van der Waals surface area contributed by atoms with Gasteiger partial charge in [-0.15, -0.1) is 0 Å². The lowest BCUT2D eigenvalue weighted by Crippen LogP contribution is -2.15. The van der Waals surface area contributed by atoms with Crippen LogP contribution in [0.15, 0.2) is 60.9 Å². The highest BCUT2D eigenvalue weighted by atomic mass is 16.5. The molecule has 1 aromatic heterocycles. The van der Waals surface area contributed by atoms with Crippen LogP contribution in [-0.2, 0) is 17.6 Å². The molecule has 0 aliphatic carbocycles. The van der Waals surface area contributed by atoms with E-state index in [0.29, 0.717) is 18.8 Å². The Morgan fingerprint density at radius 1 is 1.03 bits per heavy atom. The zero-order valence-electron chi connectivity index (χ0n) is 17.6. The maximum Gasteiger partial charge on any atom is 0.222 e. The van der Waals surface area contributed by atoms with Crippen molar-refractivity contribution in [3.05, 3.63) is 72.1 Å². The Morgan fingerprint density at radius 3 is 2.45 bits per heavy atom. The van der Waals surface area contributed by atoms with E-state index < -0.39 is 0 Å². The topological polar surface area (TPSA) is 114 Å². The number of methoxy groups -OCH3 is 1. The average Bonchev–Trinajstić information content (AvgIpc) is 2.78. The molecular weight excluding hydrogens is 390 g/mol. The normalized spacial score (nSPS) is 10.5. The molecule has 0 atom stereocenters. The van der Waals surface area contributed by atoms with Crippen molar-refractivity contribution in [1.29, 1.82) is 5.41 Å². The molecule has 7 nitrogen and oxygen atoms in total. The van der Waals surface area contributed by atoms with Crippen LogP contribution < -0.4 is 15.8 Å². The Hall–Kier alpha value is -3.74. The largest absolute Gasteiger partial charge is 0.497 e. The molecule has 0 aliphatic rings. The molecule has 4 N–H and O–H groups in total. The first-order valence-corrected chi connectivity index (χ1v) is 10.2. The van der Waals surface area contributed by atoms with E-state index in [0.717, 1.165) is 35.4 Å². The van der Waals surface area contributed by atoms with Crippen molar-refractivity contribution in [2.24, 2.45) is 5.73 Å². The average molecular weight is 418 g/mol. The van der Waals surface area contributed by atoms with Gasteiger partial charge >= 0.3 is 0 Å². The third-order valence-corrected chi connectivity index (χ3v) is 4.85. The number of nitrogens with zero attached hydrogens (tertiary/aromatic N) is 2. The standard InChI is InChI=1S/C24H27N5O2/c1-31-22-9-6-17(7-10-22)11-12-27-24-28-15-20(16-29-24)19-4-2-3-18(13-19)5-8-21(30)14-23(25)26/h2-4,6-7,9-10,13,15-16H,5,8,11-12,14H2,1H3,(H3,25,26)(H,27,28,29). The number of hydrogen-bond acceptors (Lipinski definition) is 6. The third kappa shape index (κ3) is 6.92. The minimum absolute atomic E-state index is 0.0143. The smallest absolute Gasteiger partial charge is 0.222 e. The molecule has 0 saturated carbocycles. The Bertz CT molecular complexity index is 1020. The number of rotatable bonds is 11. The van der Waals surface area contributed by atoms with Crippen molar-refractivity contribution in [2.75, 3.05) is 19.0 Å². The number of ketones is 1. The molecule has 160 valence electrons. The van der Waals surface area contributed by atoms with Crippen molar-refractivity contribution >= 4 is 17.6 Å². The molecule has 0 spiro atoms. The summed E-state index contributed by atoms with van der Waals surface area (Å²) in [6.07, 6.45) is 5.45. The third-order valence-electron chi connectivity index (χ3n) is 4.85. The molecular formula is C24H27N5O2. The highest BCUT2D eigenvalue weighted by molar-refractivity contribution is 5.98. The van der Waals surface area contributed by atoms with Gasteiger partial charge in [0.2, 0.25) is 5.95 Å². The number of amidine groups is 1. The molecule has 7 heteroatoms. The van der Waals surface area contributed by atoms with Gasteiger partial charge in [0.05, 0.1) is 19.4 Å². The van der Waals surface area contributed by atoms with Crippen LogP contribution in [-0.4, -0.2) is 35.2 Å². The van der Waals surface area contributed by atoms with E-state index >= 15 is 0 Å². The molecule has 3 rings (SSSR count). The van der Waals surface area contributed by atoms with E-state index in [9.17, 15) is 4.79 Å². The number of anilines is 1. The van der Waals surface area contributed by atoms with Gasteiger partial charge in [0, 0.05) is 30.9 Å². The fraction of sp³-hybridized carbons (Fsp3) is 0.250. The van der Waals surface area contributed by atoms with Crippen LogP contribution in [0.2, 0.25) is 0 Å². The summed E-state index contributed by atoms with van der Waals surface area (Å²) in [6.45, 7) is 0.732. The summed E-state index contributed by atoms with van der Waals surface area (Å²) < 4.78 is 5.17. The van der Waals surface area contributed by atoms with E-state index in [2.05, 4.69) is 15.3 Å². The number of benzene rings is 2. The molecule has 0 fully saturated rings. The highest BCUT2D eigenvalue weighted by Crippen LogP contribution is 2.20. The fourth-order valence-corrected chi connectivity index (χ4v) is 3.17. The van der Waals surface area contributed by atoms with Gasteiger partial charge in [-0.25, -0.2) is 9.97 Å². The number of nitrogens with one attached hydrogen (secondary N) is 2. The van der Waals surface area contributed by atoms with Gasteiger partial charge < -0.3 is 15.8 Å². The molecule has 31 heavy (non-hydrogen) atoms. The molecule has 0 unspecified atom stereocenters. The first kappa shape index (κ1) is 22.0. The molecule has 0 aliphatic heterocycles. The van der Waals surface area contributed by atoms with Crippen molar-refractivity contribution in [3.63, 3.8) is 0 Å². The zero-order chi connectivity index (χ0) is 22.1. The molecule has 3 aromatic rings. The molecule has 1 heterocycles. The number of hydrogen-bond donors (Lipinski definition) is 3.